The summed E-state index contributed by atoms with van der Waals surface area (Å²) >= 11 is 0. The molecular formula is C28H24N2O2. The van der Waals surface area contributed by atoms with Crippen molar-refractivity contribution in [3.05, 3.63) is 97.1 Å². The SMILES string of the molecule is COc1ccc(Nc2c3ccccc3c(Nc3ccc(OC)cc3)c3ccccc23)cc1. The molecule has 4 heteroatoms. The molecule has 0 aliphatic heterocycles. The van der Waals surface area contributed by atoms with Crippen LogP contribution in [0, 0.1) is 0 Å². The first-order valence-corrected chi connectivity index (χ1v) is 10.5. The number of methoxy groups -OCH3 is 2. The largest absolute Gasteiger partial charge is 0.497 e. The highest BCUT2D eigenvalue weighted by Crippen LogP contribution is 2.42. The minimum absolute atomic E-state index is 0.837. The molecule has 0 radical (unpaired) electrons. The lowest BCUT2D eigenvalue weighted by molar-refractivity contribution is 0.415. The molecule has 0 aliphatic carbocycles. The van der Waals surface area contributed by atoms with Gasteiger partial charge < -0.3 is 20.1 Å². The molecule has 32 heavy (non-hydrogen) atoms. The summed E-state index contributed by atoms with van der Waals surface area (Å²) in [5, 5.41) is 11.9. The van der Waals surface area contributed by atoms with E-state index >= 15 is 0 Å². The van der Waals surface area contributed by atoms with Crippen molar-refractivity contribution in [1.29, 1.82) is 0 Å². The number of nitrogens with one attached hydrogen (secondary N) is 2. The average molecular weight is 421 g/mol. The van der Waals surface area contributed by atoms with E-state index in [4.69, 9.17) is 9.47 Å². The van der Waals surface area contributed by atoms with Gasteiger partial charge in [-0.15, -0.1) is 0 Å². The predicted molar refractivity (Wildman–Crippen MR) is 134 cm³/mol. The van der Waals surface area contributed by atoms with E-state index in [9.17, 15) is 0 Å². The summed E-state index contributed by atoms with van der Waals surface area (Å²) in [5.74, 6) is 1.67. The fourth-order valence-electron chi connectivity index (χ4n) is 4.04. The molecule has 0 heterocycles. The van der Waals surface area contributed by atoms with E-state index in [0.717, 1.165) is 55.8 Å². The summed E-state index contributed by atoms with van der Waals surface area (Å²) in [6.45, 7) is 0. The standard InChI is InChI=1S/C28H24N2O2/c1-31-21-15-11-19(12-16-21)29-27-23-7-3-5-9-25(23)28(26-10-6-4-8-24(26)27)30-20-13-17-22(32-2)18-14-20/h3-18,29-30H,1-2H3. The van der Waals surface area contributed by atoms with Crippen LogP contribution in [0.1, 0.15) is 0 Å². The zero-order valence-corrected chi connectivity index (χ0v) is 18.1. The lowest BCUT2D eigenvalue weighted by Crippen LogP contribution is -1.98. The van der Waals surface area contributed by atoms with Gasteiger partial charge in [0.15, 0.2) is 0 Å². The van der Waals surface area contributed by atoms with Gasteiger partial charge in [0.05, 0.1) is 25.6 Å². The molecule has 5 aromatic rings. The topological polar surface area (TPSA) is 42.5 Å². The first kappa shape index (κ1) is 19.8. The van der Waals surface area contributed by atoms with Gasteiger partial charge in [0.1, 0.15) is 11.5 Å². The Kier molecular flexibility index (Phi) is 5.26. The fraction of sp³-hybridized carbons (Fsp3) is 0.0714. The van der Waals surface area contributed by atoms with Crippen LogP contribution in [-0.2, 0) is 0 Å². The number of ether oxygens (including phenoxy) is 2. The molecule has 2 N–H and O–H groups in total. The van der Waals surface area contributed by atoms with Gasteiger partial charge in [0.2, 0.25) is 0 Å². The van der Waals surface area contributed by atoms with Gasteiger partial charge in [-0.3, -0.25) is 0 Å². The monoisotopic (exact) mass is 420 g/mol. The van der Waals surface area contributed by atoms with E-state index in [1.165, 1.54) is 0 Å². The maximum atomic E-state index is 5.30. The molecule has 5 rings (SSSR count). The van der Waals surface area contributed by atoms with E-state index < -0.39 is 0 Å². The summed E-state index contributed by atoms with van der Waals surface area (Å²) in [7, 11) is 3.36. The van der Waals surface area contributed by atoms with Crippen molar-refractivity contribution >= 4 is 44.3 Å². The molecule has 0 saturated heterocycles. The normalized spacial score (nSPS) is 10.8. The molecule has 0 atom stereocenters. The highest BCUT2D eigenvalue weighted by Gasteiger charge is 2.14. The minimum atomic E-state index is 0.837. The highest BCUT2D eigenvalue weighted by atomic mass is 16.5. The predicted octanol–water partition coefficient (Wildman–Crippen LogP) is 7.50. The molecule has 0 amide bonds. The number of benzene rings is 5. The van der Waals surface area contributed by atoms with E-state index in [1.807, 2.05) is 48.5 Å². The summed E-state index contributed by atoms with van der Waals surface area (Å²) in [5.41, 5.74) is 4.19. The number of hydrogen-bond donors (Lipinski definition) is 2. The van der Waals surface area contributed by atoms with E-state index in [1.54, 1.807) is 14.2 Å². The van der Waals surface area contributed by atoms with Crippen molar-refractivity contribution in [3.63, 3.8) is 0 Å². The molecule has 158 valence electrons. The van der Waals surface area contributed by atoms with E-state index in [-0.39, 0.29) is 0 Å². The van der Waals surface area contributed by atoms with Crippen LogP contribution in [-0.4, -0.2) is 14.2 Å². The third-order valence-corrected chi connectivity index (χ3v) is 5.65. The van der Waals surface area contributed by atoms with Crippen molar-refractivity contribution < 1.29 is 9.47 Å². The third kappa shape index (κ3) is 3.67. The van der Waals surface area contributed by atoms with Crippen molar-refractivity contribution in [2.75, 3.05) is 24.9 Å². The van der Waals surface area contributed by atoms with E-state index in [2.05, 4.69) is 59.2 Å². The zero-order chi connectivity index (χ0) is 21.9. The summed E-state index contributed by atoms with van der Waals surface area (Å²) in [6.07, 6.45) is 0. The molecule has 5 aromatic carbocycles. The van der Waals surface area contributed by atoms with Gasteiger partial charge >= 0.3 is 0 Å². The van der Waals surface area contributed by atoms with Crippen molar-refractivity contribution in [2.45, 2.75) is 0 Å². The van der Waals surface area contributed by atoms with Gasteiger partial charge in [0.25, 0.3) is 0 Å². The Morgan fingerprint density at radius 3 is 1.03 bits per heavy atom. The first-order valence-electron chi connectivity index (χ1n) is 10.5. The Bertz CT molecular complexity index is 1210. The quantitative estimate of drug-likeness (QED) is 0.220. The van der Waals surface area contributed by atoms with Gasteiger partial charge in [-0.1, -0.05) is 48.5 Å². The smallest absolute Gasteiger partial charge is 0.119 e. The first-order chi connectivity index (χ1) is 15.8. The lowest BCUT2D eigenvalue weighted by Gasteiger charge is -2.19. The van der Waals surface area contributed by atoms with Gasteiger partial charge in [0, 0.05) is 32.9 Å². The van der Waals surface area contributed by atoms with Crippen LogP contribution in [0.25, 0.3) is 21.5 Å². The van der Waals surface area contributed by atoms with Crippen LogP contribution in [0.2, 0.25) is 0 Å². The second kappa shape index (κ2) is 8.52. The lowest BCUT2D eigenvalue weighted by atomic mass is 9.98. The molecule has 0 fully saturated rings. The van der Waals surface area contributed by atoms with Crippen LogP contribution in [0.15, 0.2) is 97.1 Å². The molecule has 0 spiro atoms. The number of hydrogen-bond acceptors (Lipinski definition) is 4. The zero-order valence-electron chi connectivity index (χ0n) is 18.1. The Labute approximate surface area is 187 Å². The van der Waals surface area contributed by atoms with Crippen LogP contribution in [0.4, 0.5) is 22.7 Å². The Morgan fingerprint density at radius 1 is 0.438 bits per heavy atom. The molecule has 4 nitrogen and oxygen atoms in total. The van der Waals surface area contributed by atoms with E-state index in [0.29, 0.717) is 0 Å². The second-order valence-electron chi connectivity index (χ2n) is 7.55. The molecule has 0 bridgehead atoms. The molecule has 0 aliphatic rings. The van der Waals surface area contributed by atoms with Crippen LogP contribution in [0.3, 0.4) is 0 Å². The van der Waals surface area contributed by atoms with Gasteiger partial charge in [-0.25, -0.2) is 0 Å². The summed E-state index contributed by atoms with van der Waals surface area (Å²) in [4.78, 5) is 0. The van der Waals surface area contributed by atoms with Crippen molar-refractivity contribution in [3.8, 4) is 11.5 Å². The average Bonchev–Trinajstić information content (AvgIpc) is 2.86. The minimum Gasteiger partial charge on any atom is -0.497 e. The maximum absolute atomic E-state index is 5.30. The Hall–Kier alpha value is -4.18. The molecule has 0 saturated carbocycles. The second-order valence-corrected chi connectivity index (χ2v) is 7.55. The molecule has 0 aromatic heterocycles. The van der Waals surface area contributed by atoms with Crippen LogP contribution in [0.5, 0.6) is 11.5 Å². The molecular weight excluding hydrogens is 396 g/mol. The van der Waals surface area contributed by atoms with Gasteiger partial charge in [-0.05, 0) is 48.5 Å². The number of rotatable bonds is 6. The summed E-state index contributed by atoms with van der Waals surface area (Å²) < 4.78 is 10.6. The third-order valence-electron chi connectivity index (χ3n) is 5.65. The molecule has 0 unspecified atom stereocenters. The Morgan fingerprint density at radius 2 is 0.750 bits per heavy atom. The maximum Gasteiger partial charge on any atom is 0.119 e. The number of fused-ring (bicyclic) bond motifs is 2. The fourth-order valence-corrected chi connectivity index (χ4v) is 4.04. The summed E-state index contributed by atoms with van der Waals surface area (Å²) in [6, 6.07) is 32.9. The van der Waals surface area contributed by atoms with Gasteiger partial charge in [-0.2, -0.15) is 0 Å². The van der Waals surface area contributed by atoms with Crippen LogP contribution < -0.4 is 20.1 Å². The number of anilines is 4. The highest BCUT2D eigenvalue weighted by molar-refractivity contribution is 6.20. The van der Waals surface area contributed by atoms with Crippen LogP contribution >= 0.6 is 0 Å². The van der Waals surface area contributed by atoms with Crippen molar-refractivity contribution in [1.82, 2.24) is 0 Å². The van der Waals surface area contributed by atoms with Crippen molar-refractivity contribution in [2.24, 2.45) is 0 Å². The Balaban J connectivity index is 1.67.